The van der Waals surface area contributed by atoms with Gasteiger partial charge in [0.2, 0.25) is 0 Å². The smallest absolute Gasteiger partial charge is 0.263 e. The number of rotatable bonds is 6. The molecule has 138 valence electrons. The Balaban J connectivity index is 1.53. The topological polar surface area (TPSA) is 67.4 Å². The number of nitrogens with zero attached hydrogens (tertiary/aromatic N) is 3. The lowest BCUT2D eigenvalue weighted by atomic mass is 10.0. The van der Waals surface area contributed by atoms with Crippen molar-refractivity contribution in [3.05, 3.63) is 42.0 Å². The quantitative estimate of drug-likeness (QED) is 0.859. The van der Waals surface area contributed by atoms with Crippen LogP contribution in [-0.2, 0) is 4.79 Å². The molecule has 0 spiro atoms. The Morgan fingerprint density at radius 3 is 2.69 bits per heavy atom. The van der Waals surface area contributed by atoms with E-state index in [2.05, 4.69) is 27.3 Å². The van der Waals surface area contributed by atoms with Crippen LogP contribution in [0.3, 0.4) is 0 Å². The number of anilines is 2. The molecular weight excluding hydrogens is 328 g/mol. The molecule has 1 amide bonds. The predicted octanol–water partition coefficient (Wildman–Crippen LogP) is 3.57. The standard InChI is InChI=1S/C20H26N4O2/c1-3-16-6-4-5-13-24(16)19-12-11-18(22-23-19)21-20(25)14-26-17-9-7-15(2)8-10-17/h7-12,16H,3-6,13-14H2,1-2H3,(H,21,22,25). The van der Waals surface area contributed by atoms with Crippen LogP contribution in [-0.4, -0.2) is 35.3 Å². The summed E-state index contributed by atoms with van der Waals surface area (Å²) in [6, 6.07) is 11.8. The van der Waals surface area contributed by atoms with Crippen molar-refractivity contribution in [3.8, 4) is 5.75 Å². The zero-order valence-corrected chi connectivity index (χ0v) is 15.4. The molecule has 0 saturated carbocycles. The van der Waals surface area contributed by atoms with Gasteiger partial charge in [-0.2, -0.15) is 0 Å². The Morgan fingerprint density at radius 1 is 1.19 bits per heavy atom. The first kappa shape index (κ1) is 18.2. The van der Waals surface area contributed by atoms with Gasteiger partial charge in [-0.05, 0) is 56.9 Å². The van der Waals surface area contributed by atoms with Crippen LogP contribution >= 0.6 is 0 Å². The maximum Gasteiger partial charge on any atom is 0.263 e. The summed E-state index contributed by atoms with van der Waals surface area (Å²) in [5.74, 6) is 1.74. The van der Waals surface area contributed by atoms with Crippen LogP contribution in [0.25, 0.3) is 0 Å². The van der Waals surface area contributed by atoms with Gasteiger partial charge < -0.3 is 15.0 Å². The summed E-state index contributed by atoms with van der Waals surface area (Å²) >= 11 is 0. The number of nitrogens with one attached hydrogen (secondary N) is 1. The third-order valence-electron chi connectivity index (χ3n) is 4.70. The Kier molecular flexibility index (Phi) is 6.04. The molecule has 0 radical (unpaired) electrons. The first-order valence-electron chi connectivity index (χ1n) is 9.25. The van der Waals surface area contributed by atoms with Crippen molar-refractivity contribution in [1.29, 1.82) is 0 Å². The molecule has 1 aromatic heterocycles. The zero-order chi connectivity index (χ0) is 18.4. The number of piperidine rings is 1. The van der Waals surface area contributed by atoms with Crippen molar-refractivity contribution in [3.63, 3.8) is 0 Å². The molecule has 6 nitrogen and oxygen atoms in total. The van der Waals surface area contributed by atoms with E-state index in [1.54, 1.807) is 6.07 Å². The second-order valence-electron chi connectivity index (χ2n) is 6.68. The fourth-order valence-electron chi connectivity index (χ4n) is 3.23. The second-order valence-corrected chi connectivity index (χ2v) is 6.68. The number of hydrogen-bond acceptors (Lipinski definition) is 5. The fraction of sp³-hybridized carbons (Fsp3) is 0.450. The van der Waals surface area contributed by atoms with E-state index in [0.29, 0.717) is 17.6 Å². The lowest BCUT2D eigenvalue weighted by Gasteiger charge is -2.35. The molecule has 1 aliphatic rings. The molecule has 3 rings (SSSR count). The van der Waals surface area contributed by atoms with E-state index in [4.69, 9.17) is 4.74 Å². The fourth-order valence-corrected chi connectivity index (χ4v) is 3.23. The van der Waals surface area contributed by atoms with Crippen LogP contribution in [0, 0.1) is 6.92 Å². The Bertz CT molecular complexity index is 716. The van der Waals surface area contributed by atoms with Crippen molar-refractivity contribution in [2.45, 2.75) is 45.6 Å². The molecule has 1 aliphatic heterocycles. The van der Waals surface area contributed by atoms with E-state index in [-0.39, 0.29) is 12.5 Å². The Morgan fingerprint density at radius 2 is 2.00 bits per heavy atom. The molecule has 26 heavy (non-hydrogen) atoms. The van der Waals surface area contributed by atoms with Crippen LogP contribution in [0.2, 0.25) is 0 Å². The van der Waals surface area contributed by atoms with Gasteiger partial charge in [-0.15, -0.1) is 10.2 Å². The van der Waals surface area contributed by atoms with Gasteiger partial charge in [0.15, 0.2) is 18.2 Å². The van der Waals surface area contributed by atoms with Crippen molar-refractivity contribution < 1.29 is 9.53 Å². The molecule has 1 atom stereocenters. The van der Waals surface area contributed by atoms with Crippen LogP contribution in [0.5, 0.6) is 5.75 Å². The van der Waals surface area contributed by atoms with Gasteiger partial charge in [-0.1, -0.05) is 24.6 Å². The summed E-state index contributed by atoms with van der Waals surface area (Å²) in [5, 5.41) is 11.2. The number of aromatic nitrogens is 2. The van der Waals surface area contributed by atoms with Crippen molar-refractivity contribution in [1.82, 2.24) is 10.2 Å². The summed E-state index contributed by atoms with van der Waals surface area (Å²) in [5.41, 5.74) is 1.15. The minimum atomic E-state index is -0.253. The number of ether oxygens (including phenoxy) is 1. The average Bonchev–Trinajstić information content (AvgIpc) is 2.68. The highest BCUT2D eigenvalue weighted by atomic mass is 16.5. The van der Waals surface area contributed by atoms with Gasteiger partial charge in [-0.25, -0.2) is 0 Å². The average molecular weight is 354 g/mol. The molecule has 1 saturated heterocycles. The predicted molar refractivity (Wildman–Crippen MR) is 103 cm³/mol. The third kappa shape index (κ3) is 4.71. The number of carbonyl (C=O) groups is 1. The molecule has 2 aromatic rings. The highest BCUT2D eigenvalue weighted by molar-refractivity contribution is 5.90. The highest BCUT2D eigenvalue weighted by Gasteiger charge is 2.22. The van der Waals surface area contributed by atoms with E-state index in [9.17, 15) is 4.79 Å². The van der Waals surface area contributed by atoms with Gasteiger partial charge in [0.25, 0.3) is 5.91 Å². The van der Waals surface area contributed by atoms with Gasteiger partial charge in [-0.3, -0.25) is 4.79 Å². The second kappa shape index (κ2) is 8.65. The van der Waals surface area contributed by atoms with Gasteiger partial charge in [0.1, 0.15) is 5.75 Å². The molecule has 1 N–H and O–H groups in total. The minimum absolute atomic E-state index is 0.0590. The third-order valence-corrected chi connectivity index (χ3v) is 4.70. The Labute approximate surface area is 154 Å². The SMILES string of the molecule is CCC1CCCCN1c1ccc(NC(=O)COc2ccc(C)cc2)nn1. The highest BCUT2D eigenvalue weighted by Crippen LogP contribution is 2.24. The first-order chi connectivity index (χ1) is 12.7. The van der Waals surface area contributed by atoms with E-state index in [1.165, 1.54) is 19.3 Å². The van der Waals surface area contributed by atoms with Crippen LogP contribution < -0.4 is 15.0 Å². The number of aryl methyl sites for hydroxylation is 1. The molecule has 0 bridgehead atoms. The summed E-state index contributed by atoms with van der Waals surface area (Å²) in [4.78, 5) is 14.3. The van der Waals surface area contributed by atoms with Crippen molar-refractivity contribution in [2.75, 3.05) is 23.4 Å². The monoisotopic (exact) mass is 354 g/mol. The summed E-state index contributed by atoms with van der Waals surface area (Å²) in [6.07, 6.45) is 4.77. The Hall–Kier alpha value is -2.63. The molecular formula is C20H26N4O2. The molecule has 1 aromatic carbocycles. The van der Waals surface area contributed by atoms with Gasteiger partial charge >= 0.3 is 0 Å². The molecule has 2 heterocycles. The zero-order valence-electron chi connectivity index (χ0n) is 15.4. The molecule has 0 aliphatic carbocycles. The van der Waals surface area contributed by atoms with Crippen LogP contribution in [0.4, 0.5) is 11.6 Å². The van der Waals surface area contributed by atoms with E-state index in [1.807, 2.05) is 37.3 Å². The maximum atomic E-state index is 12.0. The van der Waals surface area contributed by atoms with Crippen LogP contribution in [0.1, 0.15) is 38.2 Å². The molecule has 6 heteroatoms. The number of carbonyl (C=O) groups excluding carboxylic acids is 1. The van der Waals surface area contributed by atoms with E-state index >= 15 is 0 Å². The van der Waals surface area contributed by atoms with Gasteiger partial charge in [0, 0.05) is 12.6 Å². The molecule has 1 fully saturated rings. The summed E-state index contributed by atoms with van der Waals surface area (Å²) in [6.45, 7) is 5.17. The summed E-state index contributed by atoms with van der Waals surface area (Å²) < 4.78 is 5.47. The molecule has 1 unspecified atom stereocenters. The van der Waals surface area contributed by atoms with Crippen molar-refractivity contribution in [2.24, 2.45) is 0 Å². The first-order valence-corrected chi connectivity index (χ1v) is 9.25. The van der Waals surface area contributed by atoms with Gasteiger partial charge in [0.05, 0.1) is 0 Å². The lowest BCUT2D eigenvalue weighted by Crippen LogP contribution is -2.39. The summed E-state index contributed by atoms with van der Waals surface area (Å²) in [7, 11) is 0. The maximum absolute atomic E-state index is 12.0. The lowest BCUT2D eigenvalue weighted by molar-refractivity contribution is -0.118. The van der Waals surface area contributed by atoms with Crippen molar-refractivity contribution >= 4 is 17.5 Å². The largest absolute Gasteiger partial charge is 0.484 e. The number of benzene rings is 1. The van der Waals surface area contributed by atoms with E-state index < -0.39 is 0 Å². The van der Waals surface area contributed by atoms with E-state index in [0.717, 1.165) is 24.3 Å². The normalized spacial score (nSPS) is 17.0. The minimum Gasteiger partial charge on any atom is -0.484 e. The van der Waals surface area contributed by atoms with Crippen LogP contribution in [0.15, 0.2) is 36.4 Å². The number of amides is 1. The number of hydrogen-bond donors (Lipinski definition) is 1.